The minimum Gasteiger partial charge on any atom is -0.507 e. The predicted molar refractivity (Wildman–Crippen MR) is 87.1 cm³/mol. The van der Waals surface area contributed by atoms with Gasteiger partial charge in [0.1, 0.15) is 11.5 Å². The van der Waals surface area contributed by atoms with Crippen LogP contribution in [0.4, 0.5) is 0 Å². The van der Waals surface area contributed by atoms with Gasteiger partial charge in [0.25, 0.3) is 5.91 Å². The van der Waals surface area contributed by atoms with Gasteiger partial charge >= 0.3 is 0 Å². The number of hydrogen-bond acceptors (Lipinski definition) is 4. The van der Waals surface area contributed by atoms with E-state index in [1.807, 2.05) is 32.6 Å². The molecule has 126 valence electrons. The van der Waals surface area contributed by atoms with Crippen LogP contribution in [-0.2, 0) is 16.0 Å². The highest BCUT2D eigenvalue weighted by atomic mass is 16.5. The van der Waals surface area contributed by atoms with Crippen LogP contribution in [0.5, 0.6) is 11.5 Å². The molecule has 1 atom stereocenters. The van der Waals surface area contributed by atoms with Crippen molar-refractivity contribution in [3.05, 3.63) is 22.3 Å². The quantitative estimate of drug-likeness (QED) is 0.862. The summed E-state index contributed by atoms with van der Waals surface area (Å²) in [5, 5.41) is 10.2. The van der Waals surface area contributed by atoms with Crippen LogP contribution in [0.2, 0.25) is 0 Å². The summed E-state index contributed by atoms with van der Waals surface area (Å²) < 4.78 is 11.6. The molecule has 1 N–H and O–H groups in total. The van der Waals surface area contributed by atoms with Gasteiger partial charge in [-0.05, 0) is 50.8 Å². The van der Waals surface area contributed by atoms with E-state index in [9.17, 15) is 9.90 Å². The molecule has 1 aromatic carbocycles. The van der Waals surface area contributed by atoms with Crippen LogP contribution in [-0.4, -0.2) is 47.8 Å². The van der Waals surface area contributed by atoms with Gasteiger partial charge in [0.2, 0.25) is 0 Å². The molecule has 5 heteroatoms. The predicted octanol–water partition coefficient (Wildman–Crippen LogP) is 2.26. The first kappa shape index (κ1) is 16.1. The summed E-state index contributed by atoms with van der Waals surface area (Å²) in [6, 6.07) is 0. The fourth-order valence-electron chi connectivity index (χ4n) is 3.50. The lowest BCUT2D eigenvalue weighted by atomic mass is 9.86. The van der Waals surface area contributed by atoms with Crippen LogP contribution < -0.4 is 4.74 Å². The van der Waals surface area contributed by atoms with E-state index in [1.54, 1.807) is 0 Å². The number of carbonyl (C=O) groups is 1. The van der Waals surface area contributed by atoms with Crippen LogP contribution in [0.3, 0.4) is 0 Å². The highest BCUT2D eigenvalue weighted by molar-refractivity contribution is 5.86. The second-order valence-corrected chi connectivity index (χ2v) is 6.77. The van der Waals surface area contributed by atoms with Crippen molar-refractivity contribution >= 4 is 5.91 Å². The Morgan fingerprint density at radius 2 is 1.78 bits per heavy atom. The average molecular weight is 319 g/mol. The van der Waals surface area contributed by atoms with Gasteiger partial charge in [-0.2, -0.15) is 0 Å². The van der Waals surface area contributed by atoms with Crippen molar-refractivity contribution in [2.45, 2.75) is 46.1 Å². The zero-order valence-electron chi connectivity index (χ0n) is 14.4. The highest BCUT2D eigenvalue weighted by Gasteiger charge is 2.43. The number of phenols is 1. The maximum atomic E-state index is 12.9. The van der Waals surface area contributed by atoms with Crippen molar-refractivity contribution in [3.63, 3.8) is 0 Å². The SMILES string of the molecule is Cc1c(C)c2c(c(C)c1O)CCC(C)(C(=O)N1CCOCC1)O2. The van der Waals surface area contributed by atoms with Crippen molar-refractivity contribution in [2.75, 3.05) is 26.3 Å². The standard InChI is InChI=1S/C18H25NO4/c1-11-12(2)16-14(13(3)15(11)20)5-6-18(4,23-16)17(21)19-7-9-22-10-8-19/h20H,5-10H2,1-4H3. The molecule has 5 nitrogen and oxygen atoms in total. The number of aromatic hydroxyl groups is 1. The van der Waals surface area contributed by atoms with Crippen molar-refractivity contribution < 1.29 is 19.4 Å². The van der Waals surface area contributed by atoms with Crippen LogP contribution >= 0.6 is 0 Å². The second-order valence-electron chi connectivity index (χ2n) is 6.77. The molecule has 0 spiro atoms. The van der Waals surface area contributed by atoms with E-state index in [0.717, 1.165) is 34.4 Å². The lowest BCUT2D eigenvalue weighted by molar-refractivity contribution is -0.152. The molecule has 1 saturated heterocycles. The number of hydrogen-bond donors (Lipinski definition) is 1. The fourth-order valence-corrected chi connectivity index (χ4v) is 3.50. The van der Waals surface area contributed by atoms with Gasteiger partial charge in [0.15, 0.2) is 5.60 Å². The second kappa shape index (κ2) is 5.71. The Morgan fingerprint density at radius 1 is 1.13 bits per heavy atom. The van der Waals surface area contributed by atoms with E-state index in [4.69, 9.17) is 9.47 Å². The molecule has 2 aliphatic heterocycles. The highest BCUT2D eigenvalue weighted by Crippen LogP contribution is 2.43. The summed E-state index contributed by atoms with van der Waals surface area (Å²) >= 11 is 0. The number of carbonyl (C=O) groups excluding carboxylic acids is 1. The molecule has 1 amide bonds. The minimum atomic E-state index is -0.842. The summed E-state index contributed by atoms with van der Waals surface area (Å²) in [6.45, 7) is 10.0. The number of benzene rings is 1. The van der Waals surface area contributed by atoms with E-state index in [1.165, 1.54) is 0 Å². The molecule has 1 fully saturated rings. The lowest BCUT2D eigenvalue weighted by Crippen LogP contribution is -2.55. The van der Waals surface area contributed by atoms with Gasteiger partial charge in [-0.15, -0.1) is 0 Å². The molecule has 2 aliphatic rings. The average Bonchev–Trinajstić information content (AvgIpc) is 2.58. The Morgan fingerprint density at radius 3 is 2.43 bits per heavy atom. The third-order valence-corrected chi connectivity index (χ3v) is 5.27. The van der Waals surface area contributed by atoms with Gasteiger partial charge in [0.05, 0.1) is 13.2 Å². The smallest absolute Gasteiger partial charge is 0.266 e. The monoisotopic (exact) mass is 319 g/mol. The van der Waals surface area contributed by atoms with Crippen LogP contribution in [0.25, 0.3) is 0 Å². The largest absolute Gasteiger partial charge is 0.507 e. The number of nitrogens with zero attached hydrogens (tertiary/aromatic N) is 1. The number of fused-ring (bicyclic) bond motifs is 1. The number of phenolic OH excluding ortho intramolecular Hbond substituents is 1. The fraction of sp³-hybridized carbons (Fsp3) is 0.611. The first-order chi connectivity index (χ1) is 10.8. The van der Waals surface area contributed by atoms with Crippen molar-refractivity contribution in [1.29, 1.82) is 0 Å². The van der Waals surface area contributed by atoms with Gasteiger partial charge in [-0.1, -0.05) is 0 Å². The zero-order valence-corrected chi connectivity index (χ0v) is 14.4. The molecule has 0 saturated carbocycles. The van der Waals surface area contributed by atoms with Crippen LogP contribution in [0.1, 0.15) is 35.6 Å². The summed E-state index contributed by atoms with van der Waals surface area (Å²) in [5.74, 6) is 1.15. The van der Waals surface area contributed by atoms with E-state index in [0.29, 0.717) is 38.5 Å². The van der Waals surface area contributed by atoms with Crippen LogP contribution in [0, 0.1) is 20.8 Å². The zero-order chi connectivity index (χ0) is 16.8. The lowest BCUT2D eigenvalue weighted by Gasteiger charge is -2.40. The molecule has 2 heterocycles. The summed E-state index contributed by atoms with van der Waals surface area (Å²) in [4.78, 5) is 14.8. The third kappa shape index (κ3) is 2.57. The maximum absolute atomic E-state index is 12.9. The van der Waals surface area contributed by atoms with Crippen molar-refractivity contribution in [3.8, 4) is 11.5 Å². The Labute approximate surface area is 137 Å². The normalized spacial score (nSPS) is 24.1. The van der Waals surface area contributed by atoms with Crippen LogP contribution in [0.15, 0.2) is 0 Å². The molecule has 0 bridgehead atoms. The van der Waals surface area contributed by atoms with Gasteiger partial charge in [-0.3, -0.25) is 4.79 Å². The topological polar surface area (TPSA) is 59.0 Å². The van der Waals surface area contributed by atoms with Crippen molar-refractivity contribution in [1.82, 2.24) is 4.90 Å². The molecule has 0 radical (unpaired) electrons. The maximum Gasteiger partial charge on any atom is 0.266 e. The molecular weight excluding hydrogens is 294 g/mol. The number of ether oxygens (including phenoxy) is 2. The van der Waals surface area contributed by atoms with Gasteiger partial charge in [-0.25, -0.2) is 0 Å². The van der Waals surface area contributed by atoms with E-state index < -0.39 is 5.60 Å². The summed E-state index contributed by atoms with van der Waals surface area (Å²) in [6.07, 6.45) is 1.36. The molecule has 0 aliphatic carbocycles. The Bertz CT molecular complexity index is 649. The Hall–Kier alpha value is -1.75. The minimum absolute atomic E-state index is 0.0363. The molecule has 1 unspecified atom stereocenters. The van der Waals surface area contributed by atoms with E-state index >= 15 is 0 Å². The first-order valence-electron chi connectivity index (χ1n) is 8.23. The number of rotatable bonds is 1. The van der Waals surface area contributed by atoms with E-state index in [-0.39, 0.29) is 5.91 Å². The Balaban J connectivity index is 1.94. The summed E-state index contributed by atoms with van der Waals surface area (Å²) in [5.41, 5.74) is 2.79. The third-order valence-electron chi connectivity index (χ3n) is 5.27. The van der Waals surface area contributed by atoms with Gasteiger partial charge < -0.3 is 19.5 Å². The van der Waals surface area contributed by atoms with E-state index in [2.05, 4.69) is 0 Å². The first-order valence-corrected chi connectivity index (χ1v) is 8.23. The molecule has 1 aromatic rings. The molecule has 3 rings (SSSR count). The Kier molecular flexibility index (Phi) is 4.00. The number of morpholine rings is 1. The molecule has 0 aromatic heterocycles. The summed E-state index contributed by atoms with van der Waals surface area (Å²) in [7, 11) is 0. The molecular formula is C18H25NO4. The number of amides is 1. The van der Waals surface area contributed by atoms with Gasteiger partial charge in [0, 0.05) is 25.1 Å². The molecule has 23 heavy (non-hydrogen) atoms. The van der Waals surface area contributed by atoms with Crippen molar-refractivity contribution in [2.24, 2.45) is 0 Å².